The number of piperidine rings is 1. The number of amides is 2. The Morgan fingerprint density at radius 2 is 1.93 bits per heavy atom. The van der Waals surface area contributed by atoms with Crippen LogP contribution in [0.1, 0.15) is 69.7 Å². The number of carbonyl (C=O) groups is 2. The first-order valence-corrected chi connectivity index (χ1v) is 11.1. The molecule has 162 valence electrons. The fourth-order valence-corrected chi connectivity index (χ4v) is 3.50. The Bertz CT molecular complexity index is 655. The summed E-state index contributed by atoms with van der Waals surface area (Å²) in [6.45, 7) is 10.1. The fourth-order valence-electron chi connectivity index (χ4n) is 3.50. The van der Waals surface area contributed by atoms with Gasteiger partial charge < -0.3 is 20.3 Å². The lowest BCUT2D eigenvalue weighted by Crippen LogP contribution is -2.35. The highest BCUT2D eigenvalue weighted by molar-refractivity contribution is 6.02. The number of nitrogens with zero attached hydrogens (tertiary/aromatic N) is 1. The van der Waals surface area contributed by atoms with Crippen LogP contribution in [0.4, 0.5) is 11.4 Å². The van der Waals surface area contributed by atoms with Crippen molar-refractivity contribution in [2.24, 2.45) is 5.92 Å². The SMILES string of the molecule is CCCCC(=O)Nc1ccc(N2CCC(C)CC2)c(C(=O)NCCCOCC)c1. The number of ether oxygens (including phenoxy) is 1. The van der Waals surface area contributed by atoms with Crippen molar-refractivity contribution in [3.8, 4) is 0 Å². The van der Waals surface area contributed by atoms with E-state index in [1.54, 1.807) is 0 Å². The maximum Gasteiger partial charge on any atom is 0.253 e. The molecule has 1 aromatic rings. The molecule has 0 saturated carbocycles. The minimum Gasteiger partial charge on any atom is -0.382 e. The van der Waals surface area contributed by atoms with Crippen molar-refractivity contribution >= 4 is 23.2 Å². The van der Waals surface area contributed by atoms with Crippen molar-refractivity contribution in [1.82, 2.24) is 5.32 Å². The molecule has 1 heterocycles. The number of carbonyl (C=O) groups excluding carboxylic acids is 2. The van der Waals surface area contributed by atoms with Gasteiger partial charge in [0.2, 0.25) is 5.91 Å². The fraction of sp³-hybridized carbons (Fsp3) is 0.652. The molecule has 1 aliphatic heterocycles. The monoisotopic (exact) mass is 403 g/mol. The zero-order valence-electron chi connectivity index (χ0n) is 18.3. The summed E-state index contributed by atoms with van der Waals surface area (Å²) in [5, 5.41) is 5.94. The third-order valence-electron chi connectivity index (χ3n) is 5.36. The van der Waals surface area contributed by atoms with E-state index in [4.69, 9.17) is 4.74 Å². The lowest BCUT2D eigenvalue weighted by Gasteiger charge is -2.33. The van der Waals surface area contributed by atoms with Crippen LogP contribution >= 0.6 is 0 Å². The largest absolute Gasteiger partial charge is 0.382 e. The summed E-state index contributed by atoms with van der Waals surface area (Å²) in [7, 11) is 0. The smallest absolute Gasteiger partial charge is 0.253 e. The van der Waals surface area contributed by atoms with E-state index >= 15 is 0 Å². The Hall–Kier alpha value is -2.08. The minimum atomic E-state index is -0.0974. The second kappa shape index (κ2) is 12.5. The highest BCUT2D eigenvalue weighted by atomic mass is 16.5. The molecule has 2 N–H and O–H groups in total. The quantitative estimate of drug-likeness (QED) is 0.543. The van der Waals surface area contributed by atoms with E-state index < -0.39 is 0 Å². The number of nitrogens with one attached hydrogen (secondary N) is 2. The number of benzene rings is 1. The molecule has 0 aromatic heterocycles. The number of anilines is 2. The molecule has 6 heteroatoms. The summed E-state index contributed by atoms with van der Waals surface area (Å²) >= 11 is 0. The van der Waals surface area contributed by atoms with E-state index in [1.165, 1.54) is 0 Å². The predicted molar refractivity (Wildman–Crippen MR) is 119 cm³/mol. The topological polar surface area (TPSA) is 70.7 Å². The predicted octanol–water partition coefficient (Wildman–Crippen LogP) is 4.21. The van der Waals surface area contributed by atoms with Crippen LogP contribution < -0.4 is 15.5 Å². The van der Waals surface area contributed by atoms with Gasteiger partial charge in [0.25, 0.3) is 5.91 Å². The molecule has 0 radical (unpaired) electrons. The zero-order valence-corrected chi connectivity index (χ0v) is 18.3. The van der Waals surface area contributed by atoms with Gasteiger partial charge in [-0.15, -0.1) is 0 Å². The molecule has 0 aliphatic carbocycles. The maximum absolute atomic E-state index is 12.9. The highest BCUT2D eigenvalue weighted by Crippen LogP contribution is 2.28. The van der Waals surface area contributed by atoms with Crippen LogP contribution in [-0.2, 0) is 9.53 Å². The number of unbranched alkanes of at least 4 members (excludes halogenated alkanes) is 1. The van der Waals surface area contributed by atoms with Crippen molar-refractivity contribution < 1.29 is 14.3 Å². The van der Waals surface area contributed by atoms with Crippen LogP contribution in [0.5, 0.6) is 0 Å². The first-order valence-electron chi connectivity index (χ1n) is 11.1. The second-order valence-electron chi connectivity index (χ2n) is 7.86. The molecular weight excluding hydrogens is 366 g/mol. The van der Waals surface area contributed by atoms with Gasteiger partial charge in [-0.2, -0.15) is 0 Å². The van der Waals surface area contributed by atoms with Gasteiger partial charge in [0.1, 0.15) is 0 Å². The third-order valence-corrected chi connectivity index (χ3v) is 5.36. The molecule has 6 nitrogen and oxygen atoms in total. The van der Waals surface area contributed by atoms with Gasteiger partial charge in [0, 0.05) is 50.6 Å². The van der Waals surface area contributed by atoms with Crippen LogP contribution in [0.25, 0.3) is 0 Å². The molecule has 0 spiro atoms. The first kappa shape index (κ1) is 23.2. The Morgan fingerprint density at radius 1 is 1.17 bits per heavy atom. The molecule has 1 fully saturated rings. The normalized spacial score (nSPS) is 14.7. The van der Waals surface area contributed by atoms with Crippen molar-refractivity contribution in [2.75, 3.05) is 43.1 Å². The summed E-state index contributed by atoms with van der Waals surface area (Å²) in [6.07, 6.45) is 5.39. The minimum absolute atomic E-state index is 0.00512. The van der Waals surface area contributed by atoms with Crippen molar-refractivity contribution in [2.45, 2.75) is 59.3 Å². The second-order valence-corrected chi connectivity index (χ2v) is 7.86. The van der Waals surface area contributed by atoms with E-state index in [0.29, 0.717) is 37.4 Å². The molecule has 0 unspecified atom stereocenters. The molecule has 2 amide bonds. The summed E-state index contributed by atoms with van der Waals surface area (Å²) in [5.41, 5.74) is 2.26. The molecule has 1 saturated heterocycles. The van der Waals surface area contributed by atoms with Crippen molar-refractivity contribution in [3.05, 3.63) is 23.8 Å². The molecule has 1 aromatic carbocycles. The molecule has 2 rings (SSSR count). The van der Waals surface area contributed by atoms with Gasteiger partial charge in [0.15, 0.2) is 0 Å². The zero-order chi connectivity index (χ0) is 21.1. The van der Waals surface area contributed by atoms with E-state index in [1.807, 2.05) is 25.1 Å². The van der Waals surface area contributed by atoms with Crippen molar-refractivity contribution in [3.63, 3.8) is 0 Å². The van der Waals surface area contributed by atoms with Gasteiger partial charge in [0.05, 0.1) is 5.56 Å². The van der Waals surface area contributed by atoms with E-state index in [0.717, 1.165) is 56.8 Å². The van der Waals surface area contributed by atoms with Crippen LogP contribution in [0.2, 0.25) is 0 Å². The molecular formula is C23H37N3O3. The number of hydrogen-bond acceptors (Lipinski definition) is 4. The van der Waals surface area contributed by atoms with Gasteiger partial charge in [-0.25, -0.2) is 0 Å². The van der Waals surface area contributed by atoms with E-state index in [9.17, 15) is 9.59 Å². The standard InChI is InChI=1S/C23H37N3O3/c1-4-6-8-22(27)25-19-9-10-21(26-14-11-18(3)12-15-26)20(17-19)23(28)24-13-7-16-29-5-2/h9-10,17-18H,4-8,11-16H2,1-3H3,(H,24,28)(H,25,27). The third kappa shape index (κ3) is 7.69. The van der Waals surface area contributed by atoms with Crippen LogP contribution in [0.15, 0.2) is 18.2 Å². The van der Waals surface area contributed by atoms with Gasteiger partial charge in [-0.1, -0.05) is 20.3 Å². The maximum atomic E-state index is 12.9. The van der Waals surface area contributed by atoms with Crippen LogP contribution in [-0.4, -0.2) is 44.7 Å². The lowest BCUT2D eigenvalue weighted by atomic mass is 9.97. The average molecular weight is 404 g/mol. The summed E-state index contributed by atoms with van der Waals surface area (Å²) < 4.78 is 5.34. The Labute approximate surface area is 175 Å². The Balaban J connectivity index is 2.12. The summed E-state index contributed by atoms with van der Waals surface area (Å²) in [6, 6.07) is 5.69. The number of rotatable bonds is 11. The number of hydrogen-bond donors (Lipinski definition) is 2. The van der Waals surface area contributed by atoms with Crippen molar-refractivity contribution in [1.29, 1.82) is 0 Å². The molecule has 0 atom stereocenters. The van der Waals surface area contributed by atoms with Crippen LogP contribution in [0.3, 0.4) is 0 Å². The lowest BCUT2D eigenvalue weighted by molar-refractivity contribution is -0.116. The highest BCUT2D eigenvalue weighted by Gasteiger charge is 2.21. The first-order chi connectivity index (χ1) is 14.0. The Kier molecular flexibility index (Phi) is 9.98. The Morgan fingerprint density at radius 3 is 2.62 bits per heavy atom. The molecule has 0 bridgehead atoms. The van der Waals surface area contributed by atoms with E-state index in [-0.39, 0.29) is 11.8 Å². The van der Waals surface area contributed by atoms with Gasteiger partial charge >= 0.3 is 0 Å². The van der Waals surface area contributed by atoms with E-state index in [2.05, 4.69) is 29.4 Å². The summed E-state index contributed by atoms with van der Waals surface area (Å²) in [4.78, 5) is 27.3. The molecule has 1 aliphatic rings. The average Bonchev–Trinajstić information content (AvgIpc) is 2.72. The summed E-state index contributed by atoms with van der Waals surface area (Å²) in [5.74, 6) is 0.619. The van der Waals surface area contributed by atoms with Gasteiger partial charge in [-0.3, -0.25) is 9.59 Å². The van der Waals surface area contributed by atoms with Gasteiger partial charge in [-0.05, 0) is 56.7 Å². The molecule has 29 heavy (non-hydrogen) atoms. The van der Waals surface area contributed by atoms with Crippen LogP contribution in [0, 0.1) is 5.92 Å².